The van der Waals surface area contributed by atoms with Gasteiger partial charge in [-0.1, -0.05) is 103 Å². The number of hydrogen-bond donors (Lipinski definition) is 0. The molecule has 1 aromatic heterocycles. The Morgan fingerprint density at radius 1 is 0.889 bits per heavy atom. The van der Waals surface area contributed by atoms with Crippen LogP contribution in [0.25, 0.3) is 0 Å². The molecule has 0 amide bonds. The highest BCUT2D eigenvalue weighted by Crippen LogP contribution is 2.19. The Balaban J connectivity index is 0. The molecule has 5 heteroatoms. The number of aromatic nitrogens is 1. The fraction of sp³-hybridized carbons (Fsp3) is 0.818. The predicted molar refractivity (Wildman–Crippen MR) is 118 cm³/mol. The maximum Gasteiger partial charge on any atom is 0.273 e. The van der Waals surface area contributed by atoms with Crippen LogP contribution in [0.5, 0.6) is 5.19 Å². The van der Waals surface area contributed by atoms with E-state index in [-0.39, 0.29) is 0 Å². The van der Waals surface area contributed by atoms with Gasteiger partial charge in [0.15, 0.2) is 6.29 Å². The number of thiazole rings is 1. The molecule has 1 heterocycles. The maximum absolute atomic E-state index is 10.5. The summed E-state index contributed by atoms with van der Waals surface area (Å²) in [6.45, 7) is 6.98. The van der Waals surface area contributed by atoms with Gasteiger partial charge < -0.3 is 9.47 Å². The summed E-state index contributed by atoms with van der Waals surface area (Å²) in [5.74, 6) is 0. The molecule has 0 saturated heterocycles. The van der Waals surface area contributed by atoms with E-state index >= 15 is 0 Å². The average Bonchev–Trinajstić information content (AvgIpc) is 3.16. The molecule has 0 unspecified atom stereocenters. The lowest BCUT2D eigenvalue weighted by Gasteiger charge is -2.03. The zero-order valence-electron chi connectivity index (χ0n) is 18.4. The van der Waals surface area contributed by atoms with E-state index in [2.05, 4.69) is 16.6 Å². The van der Waals surface area contributed by atoms with Gasteiger partial charge in [0.05, 0.1) is 17.7 Å². The minimum Gasteiger partial charge on any atom is -0.470 e. The highest BCUT2D eigenvalue weighted by Gasteiger charge is 2.01. The zero-order chi connectivity index (χ0) is 20.6. The molecule has 0 aliphatic rings. The predicted octanol–water partition coefficient (Wildman–Crippen LogP) is 7.32. The van der Waals surface area contributed by atoms with Crippen molar-refractivity contribution in [1.82, 2.24) is 4.98 Å². The number of carbonyl (C=O) groups is 1. The van der Waals surface area contributed by atoms with Gasteiger partial charge >= 0.3 is 0 Å². The molecule has 160 valence electrons. The SMILES string of the molecule is CC.CCCCCCCCCCCCCCOc1ncc(C=O)s1.COC. The molecular weight excluding hydrogens is 358 g/mol. The third-order valence-electron chi connectivity index (χ3n) is 3.84. The van der Waals surface area contributed by atoms with Gasteiger partial charge in [-0.05, 0) is 6.42 Å². The van der Waals surface area contributed by atoms with Crippen molar-refractivity contribution < 1.29 is 14.3 Å². The van der Waals surface area contributed by atoms with Crippen molar-refractivity contribution in [2.75, 3.05) is 20.8 Å². The largest absolute Gasteiger partial charge is 0.470 e. The Bertz CT molecular complexity index is 397. The van der Waals surface area contributed by atoms with Gasteiger partial charge in [-0.25, -0.2) is 4.98 Å². The van der Waals surface area contributed by atoms with E-state index in [1.807, 2.05) is 13.8 Å². The number of methoxy groups -OCH3 is 1. The summed E-state index contributed by atoms with van der Waals surface area (Å²) in [6, 6.07) is 0. The number of unbranched alkanes of at least 4 members (excludes halogenated alkanes) is 11. The van der Waals surface area contributed by atoms with E-state index in [1.54, 1.807) is 20.4 Å². The Morgan fingerprint density at radius 2 is 1.33 bits per heavy atom. The van der Waals surface area contributed by atoms with Gasteiger partial charge in [0.1, 0.15) is 0 Å². The Morgan fingerprint density at radius 3 is 1.74 bits per heavy atom. The van der Waals surface area contributed by atoms with Crippen LogP contribution in [0.1, 0.15) is 107 Å². The standard InChI is InChI=1S/C18H31NO2S.C2H6O.C2H6/c1-2-3-4-5-6-7-8-9-10-11-12-13-14-21-18-19-15-17(16-20)22-18;1-3-2;1-2/h15-16H,2-14H2,1H3;1-2H3;1-2H3. The van der Waals surface area contributed by atoms with E-state index in [4.69, 9.17) is 4.74 Å². The van der Waals surface area contributed by atoms with Gasteiger partial charge in [0.2, 0.25) is 0 Å². The summed E-state index contributed by atoms with van der Waals surface area (Å²) >= 11 is 1.32. The number of nitrogens with zero attached hydrogens (tertiary/aromatic N) is 1. The second-order valence-electron chi connectivity index (χ2n) is 6.29. The highest BCUT2D eigenvalue weighted by atomic mass is 32.1. The second-order valence-corrected chi connectivity index (χ2v) is 7.32. The molecule has 0 radical (unpaired) electrons. The van der Waals surface area contributed by atoms with Crippen LogP contribution in [-0.2, 0) is 4.74 Å². The first-order valence-electron chi connectivity index (χ1n) is 10.7. The molecule has 0 N–H and O–H groups in total. The van der Waals surface area contributed by atoms with Crippen LogP contribution in [-0.4, -0.2) is 32.1 Å². The molecule has 0 bridgehead atoms. The molecule has 1 rings (SSSR count). The number of rotatable bonds is 15. The lowest BCUT2D eigenvalue weighted by Crippen LogP contribution is -1.96. The number of carbonyl (C=O) groups excluding carboxylic acids is 1. The van der Waals surface area contributed by atoms with Crippen molar-refractivity contribution in [1.29, 1.82) is 0 Å². The summed E-state index contributed by atoms with van der Waals surface area (Å²) in [5, 5.41) is 0.616. The van der Waals surface area contributed by atoms with Gasteiger partial charge in [-0.15, -0.1) is 0 Å². The Hall–Kier alpha value is -0.940. The summed E-state index contributed by atoms with van der Waals surface area (Å²) < 4.78 is 9.78. The molecule has 1 aromatic rings. The second kappa shape index (κ2) is 25.1. The number of hydrogen-bond acceptors (Lipinski definition) is 5. The topological polar surface area (TPSA) is 48.4 Å². The van der Waals surface area contributed by atoms with Gasteiger partial charge in [0, 0.05) is 14.2 Å². The molecule has 4 nitrogen and oxygen atoms in total. The quantitative estimate of drug-likeness (QED) is 0.228. The normalized spacial score (nSPS) is 9.67. The lowest BCUT2D eigenvalue weighted by atomic mass is 10.1. The fourth-order valence-electron chi connectivity index (χ4n) is 2.49. The summed E-state index contributed by atoms with van der Waals surface area (Å²) in [4.78, 5) is 15.2. The Kier molecular flexibility index (Phi) is 26.2. The molecule has 0 spiro atoms. The van der Waals surface area contributed by atoms with E-state index < -0.39 is 0 Å². The van der Waals surface area contributed by atoms with Crippen LogP contribution in [0.4, 0.5) is 0 Å². The van der Waals surface area contributed by atoms with Crippen molar-refractivity contribution in [3.8, 4) is 5.19 Å². The van der Waals surface area contributed by atoms with Gasteiger partial charge in [-0.2, -0.15) is 0 Å². The first-order valence-corrected chi connectivity index (χ1v) is 11.5. The van der Waals surface area contributed by atoms with Crippen molar-refractivity contribution >= 4 is 17.6 Å². The summed E-state index contributed by atoms with van der Waals surface area (Å²) in [5.41, 5.74) is 0. The van der Waals surface area contributed by atoms with Gasteiger partial charge in [0.25, 0.3) is 5.19 Å². The Labute approximate surface area is 172 Å². The van der Waals surface area contributed by atoms with Crippen LogP contribution in [0, 0.1) is 0 Å². The molecule has 0 fully saturated rings. The van der Waals surface area contributed by atoms with Crippen molar-refractivity contribution in [3.05, 3.63) is 11.1 Å². The van der Waals surface area contributed by atoms with Crippen molar-refractivity contribution in [2.24, 2.45) is 0 Å². The minimum absolute atomic E-state index is 0.616. The maximum atomic E-state index is 10.5. The molecule has 0 saturated carbocycles. The molecular formula is C22H43NO3S. The van der Waals surface area contributed by atoms with Crippen LogP contribution in [0.15, 0.2) is 6.20 Å². The van der Waals surface area contributed by atoms with Crippen LogP contribution < -0.4 is 4.74 Å². The smallest absolute Gasteiger partial charge is 0.273 e. The highest BCUT2D eigenvalue weighted by molar-refractivity contribution is 7.15. The van der Waals surface area contributed by atoms with Crippen LogP contribution in [0.2, 0.25) is 0 Å². The summed E-state index contributed by atoms with van der Waals surface area (Å²) in [7, 11) is 3.25. The number of ether oxygens (including phenoxy) is 2. The zero-order valence-corrected chi connectivity index (χ0v) is 19.2. The van der Waals surface area contributed by atoms with Crippen LogP contribution in [0.3, 0.4) is 0 Å². The molecule has 0 atom stereocenters. The molecule has 0 aliphatic heterocycles. The average molecular weight is 402 g/mol. The monoisotopic (exact) mass is 401 g/mol. The number of aldehydes is 1. The lowest BCUT2D eigenvalue weighted by molar-refractivity contribution is 0.112. The van der Waals surface area contributed by atoms with E-state index in [0.717, 1.165) is 12.7 Å². The van der Waals surface area contributed by atoms with E-state index in [0.29, 0.717) is 16.7 Å². The van der Waals surface area contributed by atoms with Crippen molar-refractivity contribution in [3.63, 3.8) is 0 Å². The minimum atomic E-state index is 0.616. The van der Waals surface area contributed by atoms with Crippen LogP contribution >= 0.6 is 11.3 Å². The van der Waals surface area contributed by atoms with E-state index in [9.17, 15) is 4.79 Å². The van der Waals surface area contributed by atoms with Crippen molar-refractivity contribution in [2.45, 2.75) is 97.8 Å². The molecule has 0 aliphatic carbocycles. The first-order chi connectivity index (χ1) is 13.3. The van der Waals surface area contributed by atoms with Gasteiger partial charge in [-0.3, -0.25) is 4.79 Å². The fourth-order valence-corrected chi connectivity index (χ4v) is 3.10. The first kappa shape index (κ1) is 28.3. The summed E-state index contributed by atoms with van der Waals surface area (Å²) in [6.07, 6.45) is 18.5. The third kappa shape index (κ3) is 21.2. The molecule has 27 heavy (non-hydrogen) atoms. The van der Waals surface area contributed by atoms with E-state index in [1.165, 1.54) is 82.0 Å². The molecule has 0 aromatic carbocycles. The third-order valence-corrected chi connectivity index (χ3v) is 4.68.